The van der Waals surface area contributed by atoms with Crippen LogP contribution in [0.25, 0.3) is 0 Å². The predicted octanol–water partition coefficient (Wildman–Crippen LogP) is 1.18. The van der Waals surface area contributed by atoms with Gasteiger partial charge in [-0.2, -0.15) is 0 Å². The molecule has 7 heteroatoms. The fraction of sp³-hybridized carbons (Fsp3) is 0.250. The summed E-state index contributed by atoms with van der Waals surface area (Å²) in [5, 5.41) is 7.40. The fourth-order valence-electron chi connectivity index (χ4n) is 1.46. The zero-order valence-corrected chi connectivity index (χ0v) is 11.9. The van der Waals surface area contributed by atoms with Gasteiger partial charge < -0.3 is 10.6 Å². The monoisotopic (exact) mass is 292 g/mol. The first-order valence-corrected chi connectivity index (χ1v) is 7.21. The summed E-state index contributed by atoms with van der Waals surface area (Å²) in [5.74, 6) is 5.65. The van der Waals surface area contributed by atoms with Gasteiger partial charge in [-0.15, -0.1) is 16.4 Å². The van der Waals surface area contributed by atoms with Crippen molar-refractivity contribution in [2.45, 2.75) is 6.54 Å². The first-order valence-electron chi connectivity index (χ1n) is 5.49. The summed E-state index contributed by atoms with van der Waals surface area (Å²) in [6, 6.07) is 1.97. The van der Waals surface area contributed by atoms with E-state index in [9.17, 15) is 4.79 Å². The lowest BCUT2D eigenvalue weighted by molar-refractivity contribution is 0.0779. The smallest absolute Gasteiger partial charge is 0.275 e. The van der Waals surface area contributed by atoms with E-state index in [1.54, 1.807) is 28.7 Å². The lowest BCUT2D eigenvalue weighted by atomic mass is 10.3. The Morgan fingerprint density at radius 3 is 3.05 bits per heavy atom. The van der Waals surface area contributed by atoms with Crippen LogP contribution in [0.3, 0.4) is 0 Å². The summed E-state index contributed by atoms with van der Waals surface area (Å²) in [6.07, 6.45) is 0. The van der Waals surface area contributed by atoms with E-state index in [2.05, 4.69) is 21.4 Å². The van der Waals surface area contributed by atoms with Gasteiger partial charge in [0.25, 0.3) is 5.91 Å². The number of aromatic nitrogens is 2. The maximum absolute atomic E-state index is 12.0. The van der Waals surface area contributed by atoms with Crippen LogP contribution in [-0.2, 0) is 6.54 Å². The third-order valence-electron chi connectivity index (χ3n) is 2.31. The van der Waals surface area contributed by atoms with E-state index in [-0.39, 0.29) is 5.91 Å². The molecule has 5 nitrogen and oxygen atoms in total. The number of amides is 1. The van der Waals surface area contributed by atoms with E-state index in [4.69, 9.17) is 5.73 Å². The van der Waals surface area contributed by atoms with Gasteiger partial charge in [0.15, 0.2) is 5.69 Å². The van der Waals surface area contributed by atoms with Gasteiger partial charge in [0.2, 0.25) is 0 Å². The molecule has 2 N–H and O–H groups in total. The Kier molecular flexibility index (Phi) is 4.63. The maximum atomic E-state index is 12.0. The molecule has 0 unspecified atom stereocenters. The van der Waals surface area contributed by atoms with Crippen LogP contribution in [-0.4, -0.2) is 34.0 Å². The van der Waals surface area contributed by atoms with Crippen molar-refractivity contribution in [2.75, 3.05) is 13.6 Å². The highest BCUT2D eigenvalue weighted by Gasteiger charge is 2.15. The Balaban J connectivity index is 2.01. The van der Waals surface area contributed by atoms with E-state index in [0.29, 0.717) is 18.8 Å². The number of nitrogens with zero attached hydrogens (tertiary/aromatic N) is 3. The van der Waals surface area contributed by atoms with Crippen molar-refractivity contribution in [1.29, 1.82) is 0 Å². The molecule has 2 aromatic heterocycles. The van der Waals surface area contributed by atoms with Gasteiger partial charge >= 0.3 is 0 Å². The largest absolute Gasteiger partial charge is 0.336 e. The van der Waals surface area contributed by atoms with Crippen molar-refractivity contribution in [3.63, 3.8) is 0 Å². The Morgan fingerprint density at radius 1 is 1.53 bits per heavy atom. The quantitative estimate of drug-likeness (QED) is 0.862. The van der Waals surface area contributed by atoms with E-state index in [0.717, 1.165) is 10.4 Å². The van der Waals surface area contributed by atoms with Crippen molar-refractivity contribution >= 4 is 28.8 Å². The number of carbonyl (C=O) groups is 1. The molecule has 2 heterocycles. The second-order valence-corrected chi connectivity index (χ2v) is 5.30. The zero-order chi connectivity index (χ0) is 13.7. The molecule has 0 spiro atoms. The van der Waals surface area contributed by atoms with Crippen molar-refractivity contribution in [3.8, 4) is 11.8 Å². The first-order chi connectivity index (χ1) is 9.20. The van der Waals surface area contributed by atoms with Gasteiger partial charge in [-0.3, -0.25) is 4.79 Å². The standard InChI is InChI=1S/C12H12N4OS2/c1-16(12(17)11-8-19-15-14-11)6-9-5-10(18-7-9)3-2-4-13/h5,7-8H,4,6,13H2,1H3. The number of hydrogen-bond donors (Lipinski definition) is 1. The number of rotatable bonds is 3. The minimum Gasteiger partial charge on any atom is -0.336 e. The van der Waals surface area contributed by atoms with Crippen LogP contribution in [0.4, 0.5) is 0 Å². The maximum Gasteiger partial charge on any atom is 0.275 e. The van der Waals surface area contributed by atoms with Crippen LogP contribution in [0, 0.1) is 11.8 Å². The van der Waals surface area contributed by atoms with Crippen LogP contribution in [0.5, 0.6) is 0 Å². The lowest BCUT2D eigenvalue weighted by Crippen LogP contribution is -2.26. The van der Waals surface area contributed by atoms with E-state index in [1.807, 2.05) is 11.4 Å². The third kappa shape index (κ3) is 3.61. The van der Waals surface area contributed by atoms with Gasteiger partial charge in [0, 0.05) is 19.0 Å². The highest BCUT2D eigenvalue weighted by atomic mass is 32.1. The van der Waals surface area contributed by atoms with Gasteiger partial charge in [-0.05, 0) is 28.5 Å². The van der Waals surface area contributed by atoms with Crippen LogP contribution in [0.15, 0.2) is 16.8 Å². The molecule has 2 aromatic rings. The minimum absolute atomic E-state index is 0.130. The molecule has 0 saturated carbocycles. The summed E-state index contributed by atoms with van der Waals surface area (Å²) >= 11 is 2.72. The molecule has 2 rings (SSSR count). The number of carbonyl (C=O) groups excluding carboxylic acids is 1. The topological polar surface area (TPSA) is 72.1 Å². The number of thiophene rings is 1. The molecular formula is C12H12N4OS2. The second-order valence-electron chi connectivity index (χ2n) is 3.78. The van der Waals surface area contributed by atoms with Crippen molar-refractivity contribution in [3.05, 3.63) is 33.0 Å². The van der Waals surface area contributed by atoms with Gasteiger partial charge in [-0.1, -0.05) is 16.3 Å². The van der Waals surface area contributed by atoms with Crippen LogP contribution >= 0.6 is 22.9 Å². The Labute approximate surface area is 119 Å². The predicted molar refractivity (Wildman–Crippen MR) is 76.0 cm³/mol. The minimum atomic E-state index is -0.130. The van der Waals surface area contributed by atoms with Crippen LogP contribution in [0.2, 0.25) is 0 Å². The number of hydrogen-bond acceptors (Lipinski definition) is 6. The molecule has 0 aliphatic rings. The zero-order valence-electron chi connectivity index (χ0n) is 10.3. The first kappa shape index (κ1) is 13.7. The van der Waals surface area contributed by atoms with Crippen molar-refractivity contribution in [2.24, 2.45) is 5.73 Å². The average Bonchev–Trinajstić information content (AvgIpc) is 3.06. The molecule has 0 atom stereocenters. The highest BCUT2D eigenvalue weighted by Crippen LogP contribution is 2.15. The van der Waals surface area contributed by atoms with E-state index >= 15 is 0 Å². The van der Waals surface area contributed by atoms with E-state index < -0.39 is 0 Å². The van der Waals surface area contributed by atoms with Crippen LogP contribution in [0.1, 0.15) is 20.9 Å². The average molecular weight is 292 g/mol. The molecular weight excluding hydrogens is 280 g/mol. The fourth-order valence-corrected chi connectivity index (χ4v) is 2.66. The Bertz CT molecular complexity index is 609. The van der Waals surface area contributed by atoms with Gasteiger partial charge in [-0.25, -0.2) is 0 Å². The van der Waals surface area contributed by atoms with Crippen molar-refractivity contribution < 1.29 is 4.79 Å². The Hall–Kier alpha value is -1.75. The molecule has 0 fully saturated rings. The van der Waals surface area contributed by atoms with E-state index in [1.165, 1.54) is 11.5 Å². The summed E-state index contributed by atoms with van der Waals surface area (Å²) in [7, 11) is 1.74. The normalized spacial score (nSPS) is 9.79. The molecule has 0 aliphatic heterocycles. The molecule has 19 heavy (non-hydrogen) atoms. The molecule has 0 aliphatic carbocycles. The summed E-state index contributed by atoms with van der Waals surface area (Å²) in [5.41, 5.74) is 6.75. The summed E-state index contributed by atoms with van der Waals surface area (Å²) in [4.78, 5) is 14.5. The molecule has 0 aromatic carbocycles. The van der Waals surface area contributed by atoms with Crippen LogP contribution < -0.4 is 5.73 Å². The summed E-state index contributed by atoms with van der Waals surface area (Å²) in [6.45, 7) is 0.875. The summed E-state index contributed by atoms with van der Waals surface area (Å²) < 4.78 is 3.69. The molecule has 0 radical (unpaired) electrons. The molecule has 0 bridgehead atoms. The second kappa shape index (κ2) is 6.43. The molecule has 98 valence electrons. The Morgan fingerprint density at radius 2 is 2.37 bits per heavy atom. The van der Waals surface area contributed by atoms with Gasteiger partial charge in [0.05, 0.1) is 11.4 Å². The SMILES string of the molecule is CN(Cc1csc(C#CCN)c1)C(=O)c1csnn1. The lowest BCUT2D eigenvalue weighted by Gasteiger charge is -2.14. The molecule has 1 amide bonds. The third-order valence-corrected chi connectivity index (χ3v) is 3.71. The van der Waals surface area contributed by atoms with Gasteiger partial charge in [0.1, 0.15) is 0 Å². The highest BCUT2D eigenvalue weighted by molar-refractivity contribution is 7.10. The van der Waals surface area contributed by atoms with Crippen molar-refractivity contribution in [1.82, 2.24) is 14.5 Å². The number of nitrogens with two attached hydrogens (primary N) is 1. The molecule has 0 saturated heterocycles.